The van der Waals surface area contributed by atoms with E-state index in [1.807, 2.05) is 13.8 Å². The van der Waals surface area contributed by atoms with E-state index in [9.17, 15) is 8.78 Å². The Kier molecular flexibility index (Phi) is 2.78. The number of alkyl halides is 2. The Balaban J connectivity index is 2.11. The zero-order valence-electron chi connectivity index (χ0n) is 9.45. The number of aromatic nitrogens is 2. The lowest BCUT2D eigenvalue weighted by atomic mass is 10.1. The van der Waals surface area contributed by atoms with E-state index >= 15 is 0 Å². The maximum absolute atomic E-state index is 13.0. The van der Waals surface area contributed by atoms with Crippen LogP contribution in [0.15, 0.2) is 12.4 Å². The minimum atomic E-state index is -2.60. The Labute approximate surface area is 93.5 Å². The van der Waals surface area contributed by atoms with Crippen LogP contribution < -0.4 is 4.90 Å². The smallest absolute Gasteiger partial charge is 0.267 e. The van der Waals surface area contributed by atoms with Gasteiger partial charge in [0.15, 0.2) is 0 Å². The molecule has 16 heavy (non-hydrogen) atoms. The summed E-state index contributed by atoms with van der Waals surface area (Å²) in [5.74, 6) is -1.84. The number of hydrogen-bond donors (Lipinski definition) is 0. The van der Waals surface area contributed by atoms with Gasteiger partial charge in [-0.3, -0.25) is 0 Å². The lowest BCUT2D eigenvalue weighted by molar-refractivity contribution is 0.0256. The van der Waals surface area contributed by atoms with Gasteiger partial charge in [0.1, 0.15) is 0 Å². The van der Waals surface area contributed by atoms with E-state index < -0.39 is 5.92 Å². The Morgan fingerprint density at radius 2 is 1.94 bits per heavy atom. The van der Waals surface area contributed by atoms with Crippen LogP contribution >= 0.6 is 0 Å². The number of anilines is 1. The molecule has 0 radical (unpaired) electrons. The van der Waals surface area contributed by atoms with Crippen LogP contribution in [0.4, 0.5) is 14.7 Å². The molecule has 0 N–H and O–H groups in total. The molecule has 1 aromatic rings. The fraction of sp³-hybridized carbons (Fsp3) is 0.636. The molecular weight excluding hydrogens is 212 g/mol. The highest BCUT2D eigenvalue weighted by Crippen LogP contribution is 2.29. The molecule has 0 spiro atoms. The summed E-state index contributed by atoms with van der Waals surface area (Å²) >= 11 is 0. The third-order valence-corrected chi connectivity index (χ3v) is 2.78. The summed E-state index contributed by atoms with van der Waals surface area (Å²) in [6, 6.07) is 0. The average molecular weight is 227 g/mol. The van der Waals surface area contributed by atoms with E-state index in [1.165, 1.54) is 4.90 Å². The van der Waals surface area contributed by atoms with Gasteiger partial charge in [0.05, 0.1) is 6.54 Å². The van der Waals surface area contributed by atoms with Crippen molar-refractivity contribution in [3.63, 3.8) is 0 Å². The van der Waals surface area contributed by atoms with Crippen LogP contribution in [0.1, 0.15) is 31.7 Å². The van der Waals surface area contributed by atoms with Gasteiger partial charge in [-0.15, -0.1) is 0 Å². The lowest BCUT2D eigenvalue weighted by Crippen LogP contribution is -2.26. The van der Waals surface area contributed by atoms with Crippen molar-refractivity contribution >= 4 is 5.95 Å². The number of hydrogen-bond acceptors (Lipinski definition) is 3. The Morgan fingerprint density at radius 1 is 1.31 bits per heavy atom. The summed E-state index contributed by atoms with van der Waals surface area (Å²) in [7, 11) is 0. The first kappa shape index (κ1) is 11.2. The van der Waals surface area contributed by atoms with E-state index in [2.05, 4.69) is 9.97 Å². The summed E-state index contributed by atoms with van der Waals surface area (Å²) in [5.41, 5.74) is 1.02. The summed E-state index contributed by atoms with van der Waals surface area (Å²) in [6.45, 7) is 4.15. The molecule has 1 fully saturated rings. The lowest BCUT2D eigenvalue weighted by Gasteiger charge is -2.16. The molecule has 0 bridgehead atoms. The van der Waals surface area contributed by atoms with E-state index in [0.29, 0.717) is 18.4 Å². The van der Waals surface area contributed by atoms with Crippen LogP contribution in [0.5, 0.6) is 0 Å². The van der Waals surface area contributed by atoms with Gasteiger partial charge in [-0.05, 0) is 11.5 Å². The maximum Gasteiger partial charge on any atom is 0.267 e. The highest BCUT2D eigenvalue weighted by atomic mass is 19.3. The second kappa shape index (κ2) is 3.96. The second-order valence-corrected chi connectivity index (χ2v) is 4.50. The largest absolute Gasteiger partial charge is 0.335 e. The molecule has 2 rings (SSSR count). The molecule has 88 valence electrons. The fourth-order valence-electron chi connectivity index (χ4n) is 1.70. The van der Waals surface area contributed by atoms with Gasteiger partial charge < -0.3 is 4.90 Å². The topological polar surface area (TPSA) is 29.0 Å². The molecule has 0 amide bonds. The normalized spacial score (nSPS) is 19.4. The molecule has 0 atom stereocenters. The van der Waals surface area contributed by atoms with Crippen LogP contribution in [0.25, 0.3) is 0 Å². The number of rotatable bonds is 2. The predicted octanol–water partition coefficient (Wildman–Crippen LogP) is 2.45. The molecule has 0 saturated carbocycles. The van der Waals surface area contributed by atoms with E-state index in [-0.39, 0.29) is 13.0 Å². The van der Waals surface area contributed by atoms with Crippen LogP contribution in [0.3, 0.4) is 0 Å². The summed E-state index contributed by atoms with van der Waals surface area (Å²) in [4.78, 5) is 9.79. The average Bonchev–Trinajstić information content (AvgIpc) is 2.59. The zero-order valence-corrected chi connectivity index (χ0v) is 9.45. The Hall–Kier alpha value is -1.26. The molecule has 0 aliphatic carbocycles. The van der Waals surface area contributed by atoms with Gasteiger partial charge in [0.2, 0.25) is 5.95 Å². The molecule has 5 heteroatoms. The highest BCUT2D eigenvalue weighted by Gasteiger charge is 2.39. The minimum Gasteiger partial charge on any atom is -0.335 e. The van der Waals surface area contributed by atoms with E-state index in [0.717, 1.165) is 5.56 Å². The monoisotopic (exact) mass is 227 g/mol. The van der Waals surface area contributed by atoms with E-state index in [1.54, 1.807) is 12.4 Å². The van der Waals surface area contributed by atoms with Crippen molar-refractivity contribution in [3.05, 3.63) is 18.0 Å². The van der Waals surface area contributed by atoms with Crippen molar-refractivity contribution in [1.82, 2.24) is 9.97 Å². The minimum absolute atomic E-state index is 0.109. The fourth-order valence-corrected chi connectivity index (χ4v) is 1.70. The second-order valence-electron chi connectivity index (χ2n) is 4.50. The molecule has 1 saturated heterocycles. The quantitative estimate of drug-likeness (QED) is 0.777. The number of nitrogens with zero attached hydrogens (tertiary/aromatic N) is 3. The van der Waals surface area contributed by atoms with Crippen molar-refractivity contribution in [2.24, 2.45) is 0 Å². The van der Waals surface area contributed by atoms with Crippen molar-refractivity contribution in [3.8, 4) is 0 Å². The van der Waals surface area contributed by atoms with Crippen molar-refractivity contribution in [2.75, 3.05) is 18.0 Å². The predicted molar refractivity (Wildman–Crippen MR) is 57.9 cm³/mol. The van der Waals surface area contributed by atoms with Crippen LogP contribution in [0, 0.1) is 0 Å². The van der Waals surface area contributed by atoms with E-state index in [4.69, 9.17) is 0 Å². The first-order valence-corrected chi connectivity index (χ1v) is 5.43. The zero-order chi connectivity index (χ0) is 11.8. The molecule has 0 aromatic carbocycles. The summed E-state index contributed by atoms with van der Waals surface area (Å²) < 4.78 is 26.0. The molecule has 3 nitrogen and oxygen atoms in total. The van der Waals surface area contributed by atoms with Crippen LogP contribution in [0.2, 0.25) is 0 Å². The standard InChI is InChI=1S/C11H15F2N3/c1-8(2)9-5-14-10(15-6-9)16-4-3-11(12,13)7-16/h5-6,8H,3-4,7H2,1-2H3. The van der Waals surface area contributed by atoms with Gasteiger partial charge in [-0.25, -0.2) is 18.7 Å². The van der Waals surface area contributed by atoms with Crippen molar-refractivity contribution in [2.45, 2.75) is 32.1 Å². The summed E-state index contributed by atoms with van der Waals surface area (Å²) in [5, 5.41) is 0. The molecule has 1 aliphatic rings. The first-order valence-electron chi connectivity index (χ1n) is 5.43. The van der Waals surface area contributed by atoms with Crippen molar-refractivity contribution < 1.29 is 8.78 Å². The molecular formula is C11H15F2N3. The molecule has 2 heterocycles. The SMILES string of the molecule is CC(C)c1cnc(N2CCC(F)(F)C2)nc1. The molecule has 1 aromatic heterocycles. The van der Waals surface area contributed by atoms with Crippen LogP contribution in [-0.2, 0) is 0 Å². The number of halogens is 2. The third-order valence-electron chi connectivity index (χ3n) is 2.78. The van der Waals surface area contributed by atoms with Gasteiger partial charge in [-0.2, -0.15) is 0 Å². The van der Waals surface area contributed by atoms with Crippen molar-refractivity contribution in [1.29, 1.82) is 0 Å². The Bertz CT molecular complexity index is 362. The Morgan fingerprint density at radius 3 is 2.38 bits per heavy atom. The van der Waals surface area contributed by atoms with Crippen LogP contribution in [-0.4, -0.2) is 29.0 Å². The summed E-state index contributed by atoms with van der Waals surface area (Å²) in [6.07, 6.45) is 3.31. The first-order chi connectivity index (χ1) is 7.48. The third kappa shape index (κ3) is 2.28. The molecule has 1 aliphatic heterocycles. The van der Waals surface area contributed by atoms with Gasteiger partial charge in [-0.1, -0.05) is 13.8 Å². The van der Waals surface area contributed by atoms with Gasteiger partial charge in [0.25, 0.3) is 5.92 Å². The maximum atomic E-state index is 13.0. The van der Waals surface area contributed by atoms with Gasteiger partial charge >= 0.3 is 0 Å². The highest BCUT2D eigenvalue weighted by molar-refractivity contribution is 5.33. The van der Waals surface area contributed by atoms with Gasteiger partial charge in [0, 0.05) is 25.4 Å². The molecule has 0 unspecified atom stereocenters.